The van der Waals surface area contributed by atoms with E-state index in [1.54, 1.807) is 12.1 Å². The second-order valence-electron chi connectivity index (χ2n) is 6.87. The van der Waals surface area contributed by atoms with E-state index in [1.807, 2.05) is 32.0 Å². The lowest BCUT2D eigenvalue weighted by molar-refractivity contribution is -0.129. The van der Waals surface area contributed by atoms with Crippen LogP contribution in [0.25, 0.3) is 0 Å². The minimum atomic E-state index is -0.565. The maximum absolute atomic E-state index is 13.7. The quantitative estimate of drug-likeness (QED) is 0.794. The van der Waals surface area contributed by atoms with Gasteiger partial charge in [0.25, 0.3) is 0 Å². The summed E-state index contributed by atoms with van der Waals surface area (Å²) in [6.07, 6.45) is 1.95. The molecule has 1 aliphatic rings. The van der Waals surface area contributed by atoms with Gasteiger partial charge in [-0.15, -0.1) is 11.8 Å². The highest BCUT2D eigenvalue weighted by Gasteiger charge is 2.32. The van der Waals surface area contributed by atoms with Gasteiger partial charge in [0.15, 0.2) is 0 Å². The summed E-state index contributed by atoms with van der Waals surface area (Å²) >= 11 is 1.39. The van der Waals surface area contributed by atoms with Crippen LogP contribution < -0.4 is 5.32 Å². The normalized spacial score (nSPS) is 16.7. The molecule has 0 heterocycles. The fourth-order valence-corrected chi connectivity index (χ4v) is 3.97. The number of carbonyl (C=O) groups excluding carboxylic acids is 1. The van der Waals surface area contributed by atoms with E-state index in [-0.39, 0.29) is 17.8 Å². The fourth-order valence-electron chi connectivity index (χ4n) is 2.95. The summed E-state index contributed by atoms with van der Waals surface area (Å²) in [4.78, 5) is 13.3. The lowest BCUT2D eigenvalue weighted by Gasteiger charge is -2.26. The molecule has 0 fully saturated rings. The zero-order chi connectivity index (χ0) is 17.2. The Kier molecular flexibility index (Phi) is 4.95. The van der Waals surface area contributed by atoms with E-state index in [9.17, 15) is 9.18 Å². The average Bonchev–Trinajstić information content (AvgIpc) is 2.97. The van der Waals surface area contributed by atoms with Crippen molar-refractivity contribution in [2.24, 2.45) is 5.41 Å². The minimum absolute atomic E-state index is 0.0213. The standard InChI is InChI=1S/C20H22FNOS/c1-20(2,13-24-18-10-6-5-9-16(18)21)19(23)22-17-12-11-14-7-3-4-8-15(14)17/h3-10,17H,11-13H2,1-2H3,(H,22,23). The summed E-state index contributed by atoms with van der Waals surface area (Å²) in [7, 11) is 0. The Bertz CT molecular complexity index is 744. The fraction of sp³-hybridized carbons (Fsp3) is 0.350. The molecule has 1 amide bonds. The molecule has 2 aromatic carbocycles. The molecule has 1 atom stereocenters. The van der Waals surface area contributed by atoms with Crippen LogP contribution in [-0.2, 0) is 11.2 Å². The van der Waals surface area contributed by atoms with Crippen molar-refractivity contribution in [2.45, 2.75) is 37.6 Å². The molecule has 0 saturated carbocycles. The van der Waals surface area contributed by atoms with Crippen LogP contribution >= 0.6 is 11.8 Å². The van der Waals surface area contributed by atoms with Crippen molar-refractivity contribution in [3.63, 3.8) is 0 Å². The maximum Gasteiger partial charge on any atom is 0.226 e. The molecule has 126 valence electrons. The number of hydrogen-bond acceptors (Lipinski definition) is 2. The second kappa shape index (κ2) is 6.98. The number of thioether (sulfide) groups is 1. The number of nitrogens with one attached hydrogen (secondary N) is 1. The third kappa shape index (κ3) is 3.64. The summed E-state index contributed by atoms with van der Waals surface area (Å²) in [6.45, 7) is 3.83. The zero-order valence-corrected chi connectivity index (χ0v) is 14.8. The molecule has 0 bridgehead atoms. The number of carbonyl (C=O) groups is 1. The van der Waals surface area contributed by atoms with Crippen LogP contribution in [0.5, 0.6) is 0 Å². The lowest BCUT2D eigenvalue weighted by atomic mass is 9.94. The SMILES string of the molecule is CC(C)(CSc1ccccc1F)C(=O)NC1CCc2ccccc21. The van der Waals surface area contributed by atoms with Gasteiger partial charge in [-0.1, -0.05) is 50.2 Å². The summed E-state index contributed by atoms with van der Waals surface area (Å²) in [5.41, 5.74) is 1.98. The van der Waals surface area contributed by atoms with Gasteiger partial charge >= 0.3 is 0 Å². The van der Waals surface area contributed by atoms with Gasteiger partial charge in [0, 0.05) is 10.6 Å². The smallest absolute Gasteiger partial charge is 0.226 e. The second-order valence-corrected chi connectivity index (χ2v) is 7.88. The van der Waals surface area contributed by atoms with Crippen molar-refractivity contribution in [1.82, 2.24) is 5.32 Å². The highest BCUT2D eigenvalue weighted by molar-refractivity contribution is 7.99. The van der Waals surface area contributed by atoms with Gasteiger partial charge in [0.1, 0.15) is 5.82 Å². The molecule has 0 aromatic heterocycles. The van der Waals surface area contributed by atoms with Crippen molar-refractivity contribution < 1.29 is 9.18 Å². The molecule has 4 heteroatoms. The van der Waals surface area contributed by atoms with Crippen LogP contribution in [-0.4, -0.2) is 11.7 Å². The molecule has 24 heavy (non-hydrogen) atoms. The van der Waals surface area contributed by atoms with E-state index < -0.39 is 5.41 Å². The van der Waals surface area contributed by atoms with Crippen LogP contribution in [0.1, 0.15) is 37.4 Å². The Morgan fingerprint density at radius 3 is 2.71 bits per heavy atom. The zero-order valence-electron chi connectivity index (χ0n) is 14.0. The van der Waals surface area contributed by atoms with Crippen molar-refractivity contribution >= 4 is 17.7 Å². The Morgan fingerprint density at radius 2 is 1.92 bits per heavy atom. The minimum Gasteiger partial charge on any atom is -0.349 e. The van der Waals surface area contributed by atoms with E-state index in [2.05, 4.69) is 17.4 Å². The summed E-state index contributed by atoms with van der Waals surface area (Å²) in [5.74, 6) is 0.324. The number of fused-ring (bicyclic) bond motifs is 1. The van der Waals surface area contributed by atoms with Gasteiger partial charge < -0.3 is 5.32 Å². The largest absolute Gasteiger partial charge is 0.349 e. The van der Waals surface area contributed by atoms with Gasteiger partial charge in [-0.3, -0.25) is 4.79 Å². The van der Waals surface area contributed by atoms with Crippen LogP contribution in [0.3, 0.4) is 0 Å². The number of rotatable bonds is 5. The highest BCUT2D eigenvalue weighted by atomic mass is 32.2. The number of benzene rings is 2. The van der Waals surface area contributed by atoms with Gasteiger partial charge in [-0.25, -0.2) is 4.39 Å². The first-order valence-electron chi connectivity index (χ1n) is 8.23. The lowest BCUT2D eigenvalue weighted by Crippen LogP contribution is -2.40. The van der Waals surface area contributed by atoms with Crippen molar-refractivity contribution in [3.8, 4) is 0 Å². The Hall–Kier alpha value is -1.81. The van der Waals surface area contributed by atoms with E-state index in [4.69, 9.17) is 0 Å². The number of amides is 1. The summed E-state index contributed by atoms with van der Waals surface area (Å²) in [6, 6.07) is 15.1. The predicted octanol–water partition coefficient (Wildman–Crippen LogP) is 4.75. The number of hydrogen-bond donors (Lipinski definition) is 1. The van der Waals surface area contributed by atoms with Gasteiger partial charge in [-0.2, -0.15) is 0 Å². The third-order valence-electron chi connectivity index (χ3n) is 4.48. The molecule has 1 N–H and O–H groups in total. The average molecular weight is 343 g/mol. The van der Waals surface area contributed by atoms with Crippen LogP contribution in [0.2, 0.25) is 0 Å². The first-order chi connectivity index (χ1) is 11.5. The third-order valence-corrected chi connectivity index (χ3v) is 5.99. The van der Waals surface area contributed by atoms with E-state index in [0.717, 1.165) is 12.8 Å². The van der Waals surface area contributed by atoms with E-state index in [1.165, 1.54) is 29.0 Å². The maximum atomic E-state index is 13.7. The van der Waals surface area contributed by atoms with Crippen LogP contribution in [0.15, 0.2) is 53.4 Å². The van der Waals surface area contributed by atoms with E-state index in [0.29, 0.717) is 10.6 Å². The molecule has 0 spiro atoms. The van der Waals surface area contributed by atoms with Crippen molar-refractivity contribution in [2.75, 3.05) is 5.75 Å². The molecule has 2 aromatic rings. The monoisotopic (exact) mass is 343 g/mol. The van der Waals surface area contributed by atoms with Crippen LogP contribution in [0.4, 0.5) is 4.39 Å². The molecular weight excluding hydrogens is 321 g/mol. The van der Waals surface area contributed by atoms with Crippen LogP contribution in [0, 0.1) is 11.2 Å². The topological polar surface area (TPSA) is 29.1 Å². The van der Waals surface area contributed by atoms with Crippen molar-refractivity contribution in [1.29, 1.82) is 0 Å². The Morgan fingerprint density at radius 1 is 1.21 bits per heavy atom. The number of aryl methyl sites for hydroxylation is 1. The van der Waals surface area contributed by atoms with Gasteiger partial charge in [0.05, 0.1) is 11.5 Å². The highest BCUT2D eigenvalue weighted by Crippen LogP contribution is 2.33. The Balaban J connectivity index is 1.63. The van der Waals surface area contributed by atoms with Gasteiger partial charge in [0.2, 0.25) is 5.91 Å². The Labute approximate surface area is 146 Å². The van der Waals surface area contributed by atoms with Crippen molar-refractivity contribution in [3.05, 3.63) is 65.5 Å². The molecule has 3 rings (SSSR count). The first-order valence-corrected chi connectivity index (χ1v) is 9.22. The molecule has 0 radical (unpaired) electrons. The summed E-state index contributed by atoms with van der Waals surface area (Å²) < 4.78 is 13.7. The molecule has 1 unspecified atom stereocenters. The molecule has 0 saturated heterocycles. The molecule has 0 aliphatic heterocycles. The predicted molar refractivity (Wildman–Crippen MR) is 96.6 cm³/mol. The molecule has 2 nitrogen and oxygen atoms in total. The molecular formula is C20H22FNOS. The first kappa shape index (κ1) is 17.0. The summed E-state index contributed by atoms with van der Waals surface area (Å²) in [5, 5.41) is 3.18. The van der Waals surface area contributed by atoms with Gasteiger partial charge in [-0.05, 0) is 36.1 Å². The number of halogens is 1. The van der Waals surface area contributed by atoms with E-state index >= 15 is 0 Å². The molecule has 1 aliphatic carbocycles.